The molecule has 0 saturated carbocycles. The maximum atomic E-state index is 12.9. The molecule has 0 aromatic heterocycles. The fraction of sp³-hybridized carbons (Fsp3) is 0.190. The molecule has 4 heteroatoms. The zero-order valence-electron chi connectivity index (χ0n) is 14.1. The smallest absolute Gasteiger partial charge is 0.252 e. The van der Waals surface area contributed by atoms with Crippen LogP contribution >= 0.6 is 0 Å². The molecule has 0 radical (unpaired) electrons. The van der Waals surface area contributed by atoms with Gasteiger partial charge in [0.05, 0.1) is 13.2 Å². The summed E-state index contributed by atoms with van der Waals surface area (Å²) in [6.45, 7) is 2.85. The zero-order chi connectivity index (χ0) is 17.4. The summed E-state index contributed by atoms with van der Waals surface area (Å²) >= 11 is 0. The highest BCUT2D eigenvalue weighted by Crippen LogP contribution is 2.35. The van der Waals surface area contributed by atoms with E-state index in [1.54, 1.807) is 12.1 Å². The van der Waals surface area contributed by atoms with Crippen LogP contribution in [0, 0.1) is 6.92 Å². The third kappa shape index (κ3) is 2.65. The molecule has 0 spiro atoms. The number of carbonyl (C=O) groups excluding carboxylic acids is 1. The molecule has 3 aromatic carbocycles. The number of benzene rings is 3. The number of hydrogen-bond donors (Lipinski definition) is 2. The summed E-state index contributed by atoms with van der Waals surface area (Å²) in [7, 11) is 0. The Labute approximate surface area is 146 Å². The number of fused-ring (bicyclic) bond motifs is 1. The van der Waals surface area contributed by atoms with Gasteiger partial charge in [0.2, 0.25) is 0 Å². The Bertz CT molecular complexity index is 956. The van der Waals surface area contributed by atoms with E-state index in [2.05, 4.69) is 29.6 Å². The van der Waals surface area contributed by atoms with Crippen LogP contribution in [-0.2, 0) is 10.3 Å². The highest BCUT2D eigenvalue weighted by Gasteiger charge is 2.43. The van der Waals surface area contributed by atoms with E-state index in [4.69, 9.17) is 10.5 Å². The van der Waals surface area contributed by atoms with E-state index in [0.29, 0.717) is 24.5 Å². The van der Waals surface area contributed by atoms with Crippen LogP contribution in [0.15, 0.2) is 60.7 Å². The monoisotopic (exact) mass is 332 g/mol. The summed E-state index contributed by atoms with van der Waals surface area (Å²) in [4.78, 5) is 12.9. The van der Waals surface area contributed by atoms with E-state index in [1.807, 2.05) is 31.2 Å². The molecular weight excluding hydrogens is 312 g/mol. The molecule has 4 rings (SSSR count). The largest absolute Gasteiger partial charge is 0.399 e. The van der Waals surface area contributed by atoms with Crippen molar-refractivity contribution in [1.82, 2.24) is 5.32 Å². The topological polar surface area (TPSA) is 64.4 Å². The Morgan fingerprint density at radius 2 is 1.84 bits per heavy atom. The number of aryl methyl sites for hydroxylation is 1. The molecule has 1 aliphatic heterocycles. The van der Waals surface area contributed by atoms with Gasteiger partial charge in [-0.05, 0) is 41.0 Å². The molecule has 3 aromatic rings. The van der Waals surface area contributed by atoms with Gasteiger partial charge in [-0.2, -0.15) is 0 Å². The fourth-order valence-corrected chi connectivity index (χ4v) is 3.41. The van der Waals surface area contributed by atoms with E-state index in [1.165, 1.54) is 0 Å². The van der Waals surface area contributed by atoms with Gasteiger partial charge in [-0.3, -0.25) is 4.79 Å². The summed E-state index contributed by atoms with van der Waals surface area (Å²) in [5.41, 5.74) is 8.53. The first-order valence-electron chi connectivity index (χ1n) is 8.34. The van der Waals surface area contributed by atoms with Crippen molar-refractivity contribution >= 4 is 22.4 Å². The van der Waals surface area contributed by atoms with Crippen molar-refractivity contribution in [2.75, 3.05) is 18.9 Å². The summed E-state index contributed by atoms with van der Waals surface area (Å²) < 4.78 is 5.49. The lowest BCUT2D eigenvalue weighted by atomic mass is 9.84. The van der Waals surface area contributed by atoms with Gasteiger partial charge < -0.3 is 15.8 Å². The molecule has 1 saturated heterocycles. The average Bonchev–Trinajstić information content (AvgIpc) is 2.59. The summed E-state index contributed by atoms with van der Waals surface area (Å²) in [5.74, 6) is -0.124. The van der Waals surface area contributed by atoms with Crippen molar-refractivity contribution in [2.45, 2.75) is 12.5 Å². The fourth-order valence-electron chi connectivity index (χ4n) is 3.41. The van der Waals surface area contributed by atoms with Crippen LogP contribution < -0.4 is 11.1 Å². The molecule has 1 fully saturated rings. The molecule has 0 aliphatic carbocycles. The highest BCUT2D eigenvalue weighted by atomic mass is 16.5. The predicted octanol–water partition coefficient (Wildman–Crippen LogP) is 3.39. The molecule has 0 unspecified atom stereocenters. The third-order valence-electron chi connectivity index (χ3n) is 4.86. The molecule has 1 heterocycles. The highest BCUT2D eigenvalue weighted by molar-refractivity contribution is 5.98. The Balaban J connectivity index is 1.74. The summed E-state index contributed by atoms with van der Waals surface area (Å²) in [6.07, 6.45) is 0. The van der Waals surface area contributed by atoms with E-state index < -0.39 is 5.54 Å². The first kappa shape index (κ1) is 15.7. The van der Waals surface area contributed by atoms with Gasteiger partial charge in [0.1, 0.15) is 5.54 Å². The van der Waals surface area contributed by atoms with Crippen molar-refractivity contribution in [1.29, 1.82) is 0 Å². The average molecular weight is 332 g/mol. The molecule has 1 amide bonds. The van der Waals surface area contributed by atoms with Crippen molar-refractivity contribution in [2.24, 2.45) is 0 Å². The number of nitrogens with two attached hydrogens (primary N) is 1. The minimum Gasteiger partial charge on any atom is -0.399 e. The maximum Gasteiger partial charge on any atom is 0.252 e. The lowest BCUT2D eigenvalue weighted by Gasteiger charge is -2.43. The zero-order valence-corrected chi connectivity index (χ0v) is 14.1. The second-order valence-corrected chi connectivity index (χ2v) is 6.63. The van der Waals surface area contributed by atoms with Crippen molar-refractivity contribution < 1.29 is 9.53 Å². The van der Waals surface area contributed by atoms with Crippen LogP contribution in [0.2, 0.25) is 0 Å². The Hall–Kier alpha value is -2.85. The number of hydrogen-bond acceptors (Lipinski definition) is 3. The Kier molecular flexibility index (Phi) is 3.70. The first-order chi connectivity index (χ1) is 12.1. The van der Waals surface area contributed by atoms with Gasteiger partial charge in [0.15, 0.2) is 0 Å². The molecule has 4 nitrogen and oxygen atoms in total. The number of amides is 1. The summed E-state index contributed by atoms with van der Waals surface area (Å²) in [5, 5.41) is 5.49. The molecule has 126 valence electrons. The normalized spacial score (nSPS) is 15.6. The van der Waals surface area contributed by atoms with Gasteiger partial charge in [0, 0.05) is 11.3 Å². The van der Waals surface area contributed by atoms with Crippen molar-refractivity contribution in [3.8, 4) is 0 Å². The van der Waals surface area contributed by atoms with Crippen LogP contribution in [0.4, 0.5) is 5.69 Å². The molecule has 3 N–H and O–H groups in total. The number of nitrogens with one attached hydrogen (secondary N) is 1. The van der Waals surface area contributed by atoms with Gasteiger partial charge in [-0.15, -0.1) is 0 Å². The number of carbonyl (C=O) groups is 1. The Morgan fingerprint density at radius 1 is 1.08 bits per heavy atom. The quantitative estimate of drug-likeness (QED) is 0.723. The van der Waals surface area contributed by atoms with Gasteiger partial charge in [0.25, 0.3) is 5.91 Å². The first-order valence-corrected chi connectivity index (χ1v) is 8.34. The molecule has 1 aliphatic rings. The van der Waals surface area contributed by atoms with Crippen LogP contribution in [0.25, 0.3) is 10.8 Å². The minimum absolute atomic E-state index is 0.124. The SMILES string of the molecule is Cc1ccc(N)cc1C(=O)NC1(c2cccc3ccccc23)COC1. The third-order valence-corrected chi connectivity index (χ3v) is 4.86. The predicted molar refractivity (Wildman–Crippen MR) is 99.5 cm³/mol. The number of rotatable bonds is 3. The number of nitrogen functional groups attached to an aromatic ring is 1. The van der Waals surface area contributed by atoms with Gasteiger partial charge >= 0.3 is 0 Å². The van der Waals surface area contributed by atoms with E-state index in [9.17, 15) is 4.79 Å². The van der Waals surface area contributed by atoms with Crippen molar-refractivity contribution in [3.63, 3.8) is 0 Å². The molecule has 0 atom stereocenters. The van der Waals surface area contributed by atoms with E-state index in [-0.39, 0.29) is 5.91 Å². The number of ether oxygens (including phenoxy) is 1. The minimum atomic E-state index is -0.505. The van der Waals surface area contributed by atoms with Crippen LogP contribution in [0.3, 0.4) is 0 Å². The summed E-state index contributed by atoms with van der Waals surface area (Å²) in [6, 6.07) is 19.8. The van der Waals surface area contributed by atoms with E-state index >= 15 is 0 Å². The molecule has 0 bridgehead atoms. The number of anilines is 1. The van der Waals surface area contributed by atoms with Gasteiger partial charge in [-0.1, -0.05) is 48.5 Å². The Morgan fingerprint density at radius 3 is 2.60 bits per heavy atom. The van der Waals surface area contributed by atoms with Crippen LogP contribution in [0.5, 0.6) is 0 Å². The van der Waals surface area contributed by atoms with Crippen molar-refractivity contribution in [3.05, 3.63) is 77.4 Å². The van der Waals surface area contributed by atoms with Gasteiger partial charge in [-0.25, -0.2) is 0 Å². The van der Waals surface area contributed by atoms with E-state index in [0.717, 1.165) is 21.9 Å². The second kappa shape index (κ2) is 5.90. The lowest BCUT2D eigenvalue weighted by molar-refractivity contribution is -0.0726. The lowest BCUT2D eigenvalue weighted by Crippen LogP contribution is -2.59. The second-order valence-electron chi connectivity index (χ2n) is 6.63. The van der Waals surface area contributed by atoms with Crippen LogP contribution in [0.1, 0.15) is 21.5 Å². The maximum absolute atomic E-state index is 12.9. The standard InChI is InChI=1S/C21H20N2O2/c1-14-9-10-16(22)11-18(14)20(24)23-21(12-25-13-21)19-8-4-6-15-5-2-3-7-17(15)19/h2-11H,12-13,22H2,1H3,(H,23,24). The molecular formula is C21H20N2O2. The molecule has 25 heavy (non-hydrogen) atoms. The van der Waals surface area contributed by atoms with Crippen LogP contribution in [-0.4, -0.2) is 19.1 Å².